The van der Waals surface area contributed by atoms with Crippen molar-refractivity contribution in [3.8, 4) is 6.07 Å². The number of thiophene rings is 1. The monoisotopic (exact) mass is 324 g/mol. The second-order valence-electron chi connectivity index (χ2n) is 6.44. The Hall–Kier alpha value is -2.12. The molecule has 3 nitrogen and oxygen atoms in total. The zero-order chi connectivity index (χ0) is 16.6. The third-order valence-corrected chi connectivity index (χ3v) is 5.65. The van der Waals surface area contributed by atoms with Crippen LogP contribution in [0.1, 0.15) is 50.8 Å². The van der Waals surface area contributed by atoms with Gasteiger partial charge in [-0.2, -0.15) is 5.26 Å². The Kier molecular flexibility index (Phi) is 4.23. The van der Waals surface area contributed by atoms with Gasteiger partial charge in [0.2, 0.25) is 0 Å². The van der Waals surface area contributed by atoms with E-state index in [9.17, 15) is 10.1 Å². The molecule has 0 spiro atoms. The molecule has 0 unspecified atom stereocenters. The highest BCUT2D eigenvalue weighted by atomic mass is 32.1. The summed E-state index contributed by atoms with van der Waals surface area (Å²) in [6, 6.07) is 8.08. The first-order valence-electron chi connectivity index (χ1n) is 7.92. The van der Waals surface area contributed by atoms with E-state index in [1.54, 1.807) is 11.3 Å². The number of anilines is 1. The summed E-state index contributed by atoms with van der Waals surface area (Å²) in [6.45, 7) is 6.19. The number of nitrogens with one attached hydrogen (secondary N) is 1. The quantitative estimate of drug-likeness (QED) is 0.876. The first kappa shape index (κ1) is 15.8. The minimum atomic E-state index is -0.134. The van der Waals surface area contributed by atoms with Crippen LogP contribution in [0.15, 0.2) is 18.2 Å². The van der Waals surface area contributed by atoms with Crippen molar-refractivity contribution in [3.05, 3.63) is 50.9 Å². The van der Waals surface area contributed by atoms with Crippen LogP contribution < -0.4 is 5.32 Å². The minimum Gasteiger partial charge on any atom is -0.312 e. The molecule has 1 aromatic heterocycles. The van der Waals surface area contributed by atoms with E-state index in [2.05, 4.69) is 18.3 Å². The number of rotatable bonds is 2. The fraction of sp³-hybridized carbons (Fsp3) is 0.368. The minimum absolute atomic E-state index is 0.134. The Morgan fingerprint density at radius 1 is 1.39 bits per heavy atom. The molecule has 1 atom stereocenters. The van der Waals surface area contributed by atoms with E-state index in [1.165, 1.54) is 4.88 Å². The maximum Gasteiger partial charge on any atom is 0.256 e. The number of fused-ring (bicyclic) bond motifs is 1. The molecule has 0 saturated carbocycles. The summed E-state index contributed by atoms with van der Waals surface area (Å²) in [5, 5.41) is 13.2. The maximum absolute atomic E-state index is 12.6. The van der Waals surface area contributed by atoms with E-state index in [-0.39, 0.29) is 5.91 Å². The molecule has 0 bridgehead atoms. The third kappa shape index (κ3) is 3.02. The van der Waals surface area contributed by atoms with Crippen LogP contribution in [0.5, 0.6) is 0 Å². The summed E-state index contributed by atoms with van der Waals surface area (Å²) >= 11 is 1.57. The van der Waals surface area contributed by atoms with Gasteiger partial charge in [0.25, 0.3) is 5.91 Å². The lowest BCUT2D eigenvalue weighted by Crippen LogP contribution is -2.13. The largest absolute Gasteiger partial charge is 0.312 e. The molecule has 1 N–H and O–H groups in total. The molecule has 2 aromatic rings. The van der Waals surface area contributed by atoms with Crippen LogP contribution in [0.3, 0.4) is 0 Å². The molecule has 0 radical (unpaired) electrons. The molecule has 0 fully saturated rings. The smallest absolute Gasteiger partial charge is 0.256 e. The Balaban J connectivity index is 1.91. The van der Waals surface area contributed by atoms with E-state index in [0.29, 0.717) is 22.0 Å². The third-order valence-electron chi connectivity index (χ3n) is 4.48. The number of hydrogen-bond acceptors (Lipinski definition) is 3. The van der Waals surface area contributed by atoms with Crippen LogP contribution in [0.2, 0.25) is 0 Å². The van der Waals surface area contributed by atoms with Gasteiger partial charge < -0.3 is 5.32 Å². The second-order valence-corrected chi connectivity index (χ2v) is 7.55. The van der Waals surface area contributed by atoms with Gasteiger partial charge in [-0.3, -0.25) is 4.79 Å². The van der Waals surface area contributed by atoms with Crippen molar-refractivity contribution in [1.82, 2.24) is 0 Å². The summed E-state index contributed by atoms with van der Waals surface area (Å²) in [5.41, 5.74) is 4.56. The summed E-state index contributed by atoms with van der Waals surface area (Å²) in [6.07, 6.45) is 3.06. The van der Waals surface area contributed by atoms with E-state index in [4.69, 9.17) is 0 Å². The van der Waals surface area contributed by atoms with Crippen LogP contribution in [-0.2, 0) is 12.8 Å². The fourth-order valence-corrected chi connectivity index (χ4v) is 4.55. The Morgan fingerprint density at radius 3 is 2.87 bits per heavy atom. The highest BCUT2D eigenvalue weighted by Gasteiger charge is 2.25. The topological polar surface area (TPSA) is 52.9 Å². The van der Waals surface area contributed by atoms with Crippen LogP contribution in [-0.4, -0.2) is 5.91 Å². The van der Waals surface area contributed by atoms with Crippen LogP contribution in [0.25, 0.3) is 0 Å². The molecule has 4 heteroatoms. The SMILES string of the molecule is Cc1ccc(C(=O)Nc2sc3c(c2C#N)CC[C@@H](C)C3)c(C)c1. The Morgan fingerprint density at radius 2 is 2.17 bits per heavy atom. The Labute approximate surface area is 141 Å². The van der Waals surface area contributed by atoms with Crippen LogP contribution in [0, 0.1) is 31.1 Å². The van der Waals surface area contributed by atoms with Gasteiger partial charge in [0, 0.05) is 10.4 Å². The van der Waals surface area contributed by atoms with Crippen molar-refractivity contribution in [2.24, 2.45) is 5.92 Å². The molecule has 3 rings (SSSR count). The highest BCUT2D eigenvalue weighted by Crippen LogP contribution is 2.39. The molecular weight excluding hydrogens is 304 g/mol. The van der Waals surface area contributed by atoms with E-state index >= 15 is 0 Å². The average molecular weight is 324 g/mol. The number of nitrogens with zero attached hydrogens (tertiary/aromatic N) is 1. The lowest BCUT2D eigenvalue weighted by molar-refractivity contribution is 0.102. The second kappa shape index (κ2) is 6.17. The van der Waals surface area contributed by atoms with Crippen molar-refractivity contribution in [2.75, 3.05) is 5.32 Å². The first-order chi connectivity index (χ1) is 11.0. The van der Waals surface area contributed by atoms with E-state index in [0.717, 1.165) is 36.0 Å². The van der Waals surface area contributed by atoms with Crippen molar-refractivity contribution < 1.29 is 4.79 Å². The zero-order valence-corrected chi connectivity index (χ0v) is 14.5. The van der Waals surface area contributed by atoms with Crippen LogP contribution >= 0.6 is 11.3 Å². The molecule has 0 saturated heterocycles. The molecule has 118 valence electrons. The number of hydrogen-bond donors (Lipinski definition) is 1. The fourth-order valence-electron chi connectivity index (χ4n) is 3.20. The van der Waals surface area contributed by atoms with Crippen LogP contribution in [0.4, 0.5) is 5.00 Å². The van der Waals surface area contributed by atoms with Gasteiger partial charge in [-0.05, 0) is 56.2 Å². The predicted molar refractivity (Wildman–Crippen MR) is 94.1 cm³/mol. The number of nitriles is 1. The summed E-state index contributed by atoms with van der Waals surface area (Å²) < 4.78 is 0. The number of benzene rings is 1. The lowest BCUT2D eigenvalue weighted by atomic mass is 9.88. The van der Waals surface area contributed by atoms with E-state index in [1.807, 2.05) is 32.0 Å². The molecule has 1 amide bonds. The van der Waals surface area contributed by atoms with Gasteiger partial charge in [-0.15, -0.1) is 11.3 Å². The zero-order valence-electron chi connectivity index (χ0n) is 13.7. The standard InChI is InChI=1S/C19H20N2OS/c1-11-4-6-14(13(3)8-11)18(22)21-19-16(10-20)15-7-5-12(2)9-17(15)23-19/h4,6,8,12H,5,7,9H2,1-3H3,(H,21,22)/t12-/m1/s1. The molecule has 0 aliphatic heterocycles. The maximum atomic E-state index is 12.6. The molecule has 1 aliphatic rings. The number of carbonyl (C=O) groups is 1. The molecule has 1 aromatic carbocycles. The summed E-state index contributed by atoms with van der Waals surface area (Å²) in [7, 11) is 0. The number of amides is 1. The molecular formula is C19H20N2OS. The number of carbonyl (C=O) groups excluding carboxylic acids is 1. The molecule has 1 aliphatic carbocycles. The highest BCUT2D eigenvalue weighted by molar-refractivity contribution is 7.16. The van der Waals surface area contributed by atoms with Gasteiger partial charge in [0.15, 0.2) is 0 Å². The van der Waals surface area contributed by atoms with E-state index < -0.39 is 0 Å². The summed E-state index contributed by atoms with van der Waals surface area (Å²) in [5.74, 6) is 0.515. The average Bonchev–Trinajstić information content (AvgIpc) is 2.82. The number of aryl methyl sites for hydroxylation is 2. The van der Waals surface area contributed by atoms with Crippen molar-refractivity contribution >= 4 is 22.2 Å². The summed E-state index contributed by atoms with van der Waals surface area (Å²) in [4.78, 5) is 13.8. The predicted octanol–water partition coefficient (Wildman–Crippen LogP) is 4.61. The lowest BCUT2D eigenvalue weighted by Gasteiger charge is -2.17. The Bertz CT molecular complexity index is 814. The normalized spacial score (nSPS) is 16.5. The van der Waals surface area contributed by atoms with Crippen molar-refractivity contribution in [2.45, 2.75) is 40.0 Å². The van der Waals surface area contributed by atoms with Gasteiger partial charge in [0.1, 0.15) is 11.1 Å². The molecule has 23 heavy (non-hydrogen) atoms. The van der Waals surface area contributed by atoms with Crippen molar-refractivity contribution in [3.63, 3.8) is 0 Å². The van der Waals surface area contributed by atoms with Gasteiger partial charge in [0.05, 0.1) is 5.56 Å². The van der Waals surface area contributed by atoms with Gasteiger partial charge >= 0.3 is 0 Å². The molecule has 1 heterocycles. The van der Waals surface area contributed by atoms with Gasteiger partial charge in [-0.1, -0.05) is 24.6 Å². The first-order valence-corrected chi connectivity index (χ1v) is 8.74. The van der Waals surface area contributed by atoms with Crippen molar-refractivity contribution in [1.29, 1.82) is 5.26 Å². The van der Waals surface area contributed by atoms with Gasteiger partial charge in [-0.25, -0.2) is 0 Å².